The molecule has 0 aliphatic rings. The van der Waals surface area contributed by atoms with Crippen molar-refractivity contribution in [3.63, 3.8) is 0 Å². The number of hydrogen-bond donors (Lipinski definition) is 2. The van der Waals surface area contributed by atoms with Gasteiger partial charge in [-0.1, -0.05) is 20.8 Å². The molecule has 0 aromatic heterocycles. The molecule has 0 saturated heterocycles. The number of rotatable bonds is 5. The van der Waals surface area contributed by atoms with E-state index in [-0.39, 0.29) is 23.1 Å². The van der Waals surface area contributed by atoms with Crippen molar-refractivity contribution in [1.29, 1.82) is 0 Å². The van der Waals surface area contributed by atoms with E-state index in [0.29, 0.717) is 12.1 Å². The van der Waals surface area contributed by atoms with E-state index in [1.54, 1.807) is 0 Å². The van der Waals surface area contributed by atoms with Gasteiger partial charge < -0.3 is 15.8 Å². The van der Waals surface area contributed by atoms with Crippen LogP contribution in [0.3, 0.4) is 0 Å². The van der Waals surface area contributed by atoms with Crippen molar-refractivity contribution < 1.29 is 13.9 Å². The fourth-order valence-corrected chi connectivity index (χ4v) is 1.99. The van der Waals surface area contributed by atoms with Crippen LogP contribution in [0, 0.1) is 11.2 Å². The van der Waals surface area contributed by atoms with E-state index in [1.807, 2.05) is 0 Å². The fourth-order valence-electron chi connectivity index (χ4n) is 1.99. The number of amides is 1. The van der Waals surface area contributed by atoms with E-state index < -0.39 is 5.82 Å². The Bertz CT molecular complexity index is 469. The number of halogens is 1. The molecule has 0 aliphatic carbocycles. The number of benzene rings is 1. The molecule has 0 spiro atoms. The Balaban J connectivity index is 2.59. The summed E-state index contributed by atoms with van der Waals surface area (Å²) in [6, 6.07) is 3.90. The van der Waals surface area contributed by atoms with Gasteiger partial charge in [0, 0.05) is 18.2 Å². The number of carbonyl (C=O) groups is 1. The molecule has 1 aromatic rings. The quantitative estimate of drug-likeness (QED) is 0.871. The molecule has 0 saturated carbocycles. The Morgan fingerprint density at radius 1 is 1.45 bits per heavy atom. The summed E-state index contributed by atoms with van der Waals surface area (Å²) in [5.74, 6) is -0.724. The number of nitrogens with one attached hydrogen (secondary N) is 1. The number of hydrogen-bond acceptors (Lipinski definition) is 3. The van der Waals surface area contributed by atoms with Gasteiger partial charge >= 0.3 is 0 Å². The largest absolute Gasteiger partial charge is 0.494 e. The van der Waals surface area contributed by atoms with Gasteiger partial charge in [0.2, 0.25) is 0 Å². The van der Waals surface area contributed by atoms with Gasteiger partial charge in [-0.15, -0.1) is 0 Å². The van der Waals surface area contributed by atoms with Crippen LogP contribution < -0.4 is 15.8 Å². The molecule has 1 amide bonds. The molecule has 5 heteroatoms. The predicted molar refractivity (Wildman–Crippen MR) is 77.3 cm³/mol. The molecule has 20 heavy (non-hydrogen) atoms. The van der Waals surface area contributed by atoms with Crippen LogP contribution >= 0.6 is 0 Å². The van der Waals surface area contributed by atoms with Crippen LogP contribution in [-0.2, 0) is 0 Å². The first-order valence-electron chi connectivity index (χ1n) is 6.60. The zero-order valence-electron chi connectivity index (χ0n) is 12.5. The molecule has 0 heterocycles. The summed E-state index contributed by atoms with van der Waals surface area (Å²) in [5, 5.41) is 2.75. The Morgan fingerprint density at radius 2 is 2.10 bits per heavy atom. The number of methoxy groups -OCH3 is 1. The Kier molecular flexibility index (Phi) is 5.51. The number of ether oxygens (including phenoxy) is 1. The minimum Gasteiger partial charge on any atom is -0.494 e. The van der Waals surface area contributed by atoms with Crippen molar-refractivity contribution in [3.05, 3.63) is 29.6 Å². The molecule has 1 rings (SSSR count). The van der Waals surface area contributed by atoms with Crippen molar-refractivity contribution in [2.75, 3.05) is 13.7 Å². The van der Waals surface area contributed by atoms with E-state index in [0.717, 1.165) is 6.42 Å². The molecule has 0 fully saturated rings. The van der Waals surface area contributed by atoms with Crippen molar-refractivity contribution in [2.24, 2.45) is 11.1 Å². The average molecular weight is 282 g/mol. The second-order valence-corrected chi connectivity index (χ2v) is 6.08. The highest BCUT2D eigenvalue weighted by Crippen LogP contribution is 2.20. The summed E-state index contributed by atoms with van der Waals surface area (Å²) in [6.07, 6.45) is 0.806. The lowest BCUT2D eigenvalue weighted by Gasteiger charge is -2.23. The third-order valence-corrected chi connectivity index (χ3v) is 2.81. The highest BCUT2D eigenvalue weighted by atomic mass is 19.1. The molecule has 3 N–H and O–H groups in total. The maximum atomic E-state index is 13.3. The Hall–Kier alpha value is -1.62. The molecule has 0 aliphatic heterocycles. The first kappa shape index (κ1) is 16.4. The van der Waals surface area contributed by atoms with Crippen molar-refractivity contribution in [1.82, 2.24) is 5.32 Å². The standard InChI is InChI=1S/C15H23FN2O2/c1-15(2,3)8-11(17)9-18-14(19)10-5-6-12(16)13(7-10)20-4/h5-7,11H,8-9,17H2,1-4H3,(H,18,19). The van der Waals surface area contributed by atoms with Crippen LogP contribution in [-0.4, -0.2) is 25.6 Å². The van der Waals surface area contributed by atoms with Gasteiger partial charge in [-0.3, -0.25) is 4.79 Å². The van der Waals surface area contributed by atoms with E-state index >= 15 is 0 Å². The predicted octanol–water partition coefficient (Wildman–Crippen LogP) is 2.33. The number of nitrogens with two attached hydrogens (primary N) is 1. The minimum atomic E-state index is -0.492. The van der Waals surface area contributed by atoms with Crippen LogP contribution in [0.2, 0.25) is 0 Å². The fraction of sp³-hybridized carbons (Fsp3) is 0.533. The average Bonchev–Trinajstić information content (AvgIpc) is 2.34. The highest BCUT2D eigenvalue weighted by molar-refractivity contribution is 5.94. The smallest absolute Gasteiger partial charge is 0.251 e. The zero-order valence-corrected chi connectivity index (χ0v) is 12.5. The second kappa shape index (κ2) is 6.70. The molecule has 112 valence electrons. The van der Waals surface area contributed by atoms with E-state index in [1.165, 1.54) is 25.3 Å². The van der Waals surface area contributed by atoms with Crippen LogP contribution in [0.4, 0.5) is 4.39 Å². The maximum Gasteiger partial charge on any atom is 0.251 e. The van der Waals surface area contributed by atoms with Crippen molar-refractivity contribution in [3.8, 4) is 5.75 Å². The van der Waals surface area contributed by atoms with Gasteiger partial charge in [0.1, 0.15) is 0 Å². The Labute approximate surface area is 119 Å². The summed E-state index contributed by atoms with van der Waals surface area (Å²) >= 11 is 0. The van der Waals surface area contributed by atoms with Crippen LogP contribution in [0.15, 0.2) is 18.2 Å². The molecule has 1 unspecified atom stereocenters. The van der Waals surface area contributed by atoms with Gasteiger partial charge in [-0.2, -0.15) is 0 Å². The molecular formula is C15H23FN2O2. The van der Waals surface area contributed by atoms with Gasteiger partial charge in [0.15, 0.2) is 11.6 Å². The lowest BCUT2D eigenvalue weighted by Crippen LogP contribution is -2.39. The first-order valence-corrected chi connectivity index (χ1v) is 6.60. The first-order chi connectivity index (χ1) is 9.23. The van der Waals surface area contributed by atoms with Crippen molar-refractivity contribution >= 4 is 5.91 Å². The third kappa shape index (κ3) is 5.17. The summed E-state index contributed by atoms with van der Waals surface area (Å²) in [6.45, 7) is 6.67. The highest BCUT2D eigenvalue weighted by Gasteiger charge is 2.17. The molecule has 1 atom stereocenters. The van der Waals surface area contributed by atoms with E-state index in [2.05, 4.69) is 26.1 Å². The zero-order chi connectivity index (χ0) is 15.3. The van der Waals surface area contributed by atoms with Gasteiger partial charge in [0.05, 0.1) is 7.11 Å². The second-order valence-electron chi connectivity index (χ2n) is 6.08. The molecule has 4 nitrogen and oxygen atoms in total. The monoisotopic (exact) mass is 282 g/mol. The lowest BCUT2D eigenvalue weighted by atomic mass is 9.88. The summed E-state index contributed by atoms with van der Waals surface area (Å²) in [5.41, 5.74) is 6.43. The van der Waals surface area contributed by atoms with E-state index in [4.69, 9.17) is 10.5 Å². The van der Waals surface area contributed by atoms with Gasteiger partial charge in [-0.25, -0.2) is 4.39 Å². The van der Waals surface area contributed by atoms with Gasteiger partial charge in [0.25, 0.3) is 5.91 Å². The summed E-state index contributed by atoms with van der Waals surface area (Å²) < 4.78 is 18.1. The summed E-state index contributed by atoms with van der Waals surface area (Å²) in [4.78, 5) is 11.9. The van der Waals surface area contributed by atoms with Crippen molar-refractivity contribution in [2.45, 2.75) is 33.2 Å². The molecular weight excluding hydrogens is 259 g/mol. The van der Waals surface area contributed by atoms with E-state index in [9.17, 15) is 9.18 Å². The third-order valence-electron chi connectivity index (χ3n) is 2.81. The molecule has 1 aromatic carbocycles. The molecule has 0 radical (unpaired) electrons. The Morgan fingerprint density at radius 3 is 2.65 bits per heavy atom. The topological polar surface area (TPSA) is 64.3 Å². The van der Waals surface area contributed by atoms with Crippen LogP contribution in [0.5, 0.6) is 5.75 Å². The van der Waals surface area contributed by atoms with Crippen LogP contribution in [0.1, 0.15) is 37.6 Å². The number of carbonyl (C=O) groups excluding carboxylic acids is 1. The summed E-state index contributed by atoms with van der Waals surface area (Å²) in [7, 11) is 1.36. The lowest BCUT2D eigenvalue weighted by molar-refractivity contribution is 0.0948. The normalized spacial score (nSPS) is 12.9. The minimum absolute atomic E-state index is 0.0524. The SMILES string of the molecule is COc1cc(C(=O)NCC(N)CC(C)(C)C)ccc1F. The molecule has 0 bridgehead atoms. The van der Waals surface area contributed by atoms with Crippen LogP contribution in [0.25, 0.3) is 0 Å². The van der Waals surface area contributed by atoms with Gasteiger partial charge in [-0.05, 0) is 30.0 Å². The maximum absolute atomic E-state index is 13.3.